The van der Waals surface area contributed by atoms with Crippen molar-refractivity contribution in [2.45, 2.75) is 43.6 Å². The molecular formula is C29H31NO. The van der Waals surface area contributed by atoms with E-state index in [4.69, 9.17) is 0 Å². The molecule has 3 aromatic carbocycles. The first-order chi connectivity index (χ1) is 15.2. The molecule has 1 saturated heterocycles. The van der Waals surface area contributed by atoms with Crippen molar-refractivity contribution in [3.63, 3.8) is 0 Å². The maximum absolute atomic E-state index is 11.0. The van der Waals surface area contributed by atoms with E-state index in [-0.39, 0.29) is 11.5 Å². The van der Waals surface area contributed by atoms with Crippen molar-refractivity contribution >= 4 is 0 Å². The second-order valence-corrected chi connectivity index (χ2v) is 9.99. The van der Waals surface area contributed by atoms with Crippen LogP contribution in [0.2, 0.25) is 0 Å². The van der Waals surface area contributed by atoms with Crippen molar-refractivity contribution in [3.05, 3.63) is 106 Å². The summed E-state index contributed by atoms with van der Waals surface area (Å²) in [6.07, 6.45) is 3.01. The molecule has 3 aliphatic rings. The quantitative estimate of drug-likeness (QED) is 0.608. The number of likely N-dealkylation sites (tertiary alicyclic amines) is 1. The van der Waals surface area contributed by atoms with Gasteiger partial charge in [0, 0.05) is 17.9 Å². The van der Waals surface area contributed by atoms with E-state index in [1.54, 1.807) is 22.3 Å². The van der Waals surface area contributed by atoms with E-state index in [0.717, 1.165) is 38.0 Å². The third-order valence-electron chi connectivity index (χ3n) is 8.21. The van der Waals surface area contributed by atoms with Crippen molar-refractivity contribution in [1.82, 2.24) is 4.90 Å². The number of rotatable bonds is 4. The van der Waals surface area contributed by atoms with Crippen molar-refractivity contribution in [3.8, 4) is 0 Å². The van der Waals surface area contributed by atoms with Crippen LogP contribution < -0.4 is 0 Å². The Kier molecular flexibility index (Phi) is 4.55. The molecule has 1 unspecified atom stereocenters. The monoisotopic (exact) mass is 409 g/mol. The zero-order valence-electron chi connectivity index (χ0n) is 18.3. The molecule has 1 atom stereocenters. The van der Waals surface area contributed by atoms with Crippen LogP contribution >= 0.6 is 0 Å². The van der Waals surface area contributed by atoms with Gasteiger partial charge in [0.15, 0.2) is 0 Å². The molecule has 0 radical (unpaired) electrons. The molecule has 0 amide bonds. The molecule has 31 heavy (non-hydrogen) atoms. The van der Waals surface area contributed by atoms with E-state index in [0.29, 0.717) is 11.8 Å². The second-order valence-electron chi connectivity index (χ2n) is 9.99. The van der Waals surface area contributed by atoms with Crippen molar-refractivity contribution in [1.29, 1.82) is 0 Å². The molecule has 2 nitrogen and oxygen atoms in total. The Morgan fingerprint density at radius 1 is 0.903 bits per heavy atom. The number of aliphatic hydroxyl groups is 1. The van der Waals surface area contributed by atoms with E-state index in [1.165, 1.54) is 12.0 Å². The summed E-state index contributed by atoms with van der Waals surface area (Å²) in [5, 5.41) is 11.0. The van der Waals surface area contributed by atoms with Gasteiger partial charge in [0.1, 0.15) is 0 Å². The summed E-state index contributed by atoms with van der Waals surface area (Å²) < 4.78 is 0. The number of hydrogen-bond acceptors (Lipinski definition) is 2. The lowest BCUT2D eigenvalue weighted by Gasteiger charge is -2.40. The molecule has 1 N–H and O–H groups in total. The van der Waals surface area contributed by atoms with E-state index in [9.17, 15) is 5.11 Å². The molecule has 0 saturated carbocycles. The summed E-state index contributed by atoms with van der Waals surface area (Å²) in [7, 11) is 0. The molecule has 2 heteroatoms. The second kappa shape index (κ2) is 7.32. The molecule has 1 fully saturated rings. The SMILES string of the molecule is Cc1cccc(C(O)C2CCN(CC34CC(c5ccccc53)c3ccccc34)CC2)c1. The standard InChI is InChI=1S/C29H31NO/c1-20-7-6-8-22(17-20)28(31)21-13-15-30(16-14-21)19-29-18-25(23-9-2-4-11-26(23)29)24-10-3-5-12-27(24)29/h2-12,17,21,25,28,31H,13-16,18-19H2,1H3. The van der Waals surface area contributed by atoms with Gasteiger partial charge in [-0.25, -0.2) is 0 Å². The molecule has 2 bridgehead atoms. The molecule has 158 valence electrons. The van der Waals surface area contributed by atoms with Crippen LogP contribution in [0.1, 0.15) is 64.7 Å². The van der Waals surface area contributed by atoms with Gasteiger partial charge >= 0.3 is 0 Å². The summed E-state index contributed by atoms with van der Waals surface area (Å²) in [6.45, 7) is 5.35. The fourth-order valence-corrected chi connectivity index (χ4v) is 6.74. The van der Waals surface area contributed by atoms with Gasteiger partial charge in [-0.1, -0.05) is 78.4 Å². The van der Waals surface area contributed by atoms with E-state index in [1.807, 2.05) is 0 Å². The van der Waals surface area contributed by atoms with Crippen LogP contribution in [0, 0.1) is 12.8 Å². The number of benzene rings is 3. The van der Waals surface area contributed by atoms with Crippen LogP contribution in [-0.2, 0) is 5.41 Å². The predicted octanol–water partition coefficient (Wildman–Crippen LogP) is 5.58. The van der Waals surface area contributed by atoms with Crippen LogP contribution in [0.4, 0.5) is 0 Å². The lowest BCUT2D eigenvalue weighted by molar-refractivity contribution is 0.0540. The summed E-state index contributed by atoms with van der Waals surface area (Å²) in [6, 6.07) is 26.7. The van der Waals surface area contributed by atoms with Crippen LogP contribution in [0.5, 0.6) is 0 Å². The topological polar surface area (TPSA) is 23.5 Å². The largest absolute Gasteiger partial charge is 0.388 e. The summed E-state index contributed by atoms with van der Waals surface area (Å²) in [4.78, 5) is 2.67. The van der Waals surface area contributed by atoms with Crippen molar-refractivity contribution in [2.75, 3.05) is 19.6 Å². The highest BCUT2D eigenvalue weighted by Crippen LogP contribution is 2.60. The van der Waals surface area contributed by atoms with Crippen LogP contribution in [0.15, 0.2) is 72.8 Å². The fourth-order valence-electron chi connectivity index (χ4n) is 6.74. The van der Waals surface area contributed by atoms with E-state index >= 15 is 0 Å². The molecule has 1 heterocycles. The smallest absolute Gasteiger partial charge is 0.0819 e. The normalized spacial score (nSPS) is 25.9. The number of fused-ring (bicyclic) bond motifs is 8. The number of hydrogen-bond donors (Lipinski definition) is 1. The molecule has 2 aliphatic carbocycles. The Morgan fingerprint density at radius 2 is 1.55 bits per heavy atom. The summed E-state index contributed by atoms with van der Waals surface area (Å²) in [5.74, 6) is 0.920. The molecule has 6 rings (SSSR count). The Bertz CT molecular complexity index is 1060. The first-order valence-corrected chi connectivity index (χ1v) is 11.8. The highest BCUT2D eigenvalue weighted by atomic mass is 16.3. The summed E-state index contributed by atoms with van der Waals surface area (Å²) >= 11 is 0. The zero-order valence-corrected chi connectivity index (χ0v) is 18.3. The minimum absolute atomic E-state index is 0.139. The first-order valence-electron chi connectivity index (χ1n) is 11.8. The maximum atomic E-state index is 11.0. The minimum Gasteiger partial charge on any atom is -0.388 e. The van der Waals surface area contributed by atoms with Gasteiger partial charge in [-0.2, -0.15) is 0 Å². The lowest BCUT2D eigenvalue weighted by atomic mass is 9.74. The number of piperidine rings is 1. The highest BCUT2D eigenvalue weighted by Gasteiger charge is 2.53. The molecular weight excluding hydrogens is 378 g/mol. The van der Waals surface area contributed by atoms with E-state index < -0.39 is 0 Å². The Balaban J connectivity index is 1.22. The third kappa shape index (κ3) is 3.00. The lowest BCUT2D eigenvalue weighted by Crippen LogP contribution is -2.44. The number of aryl methyl sites for hydroxylation is 1. The number of nitrogens with zero attached hydrogens (tertiary/aromatic N) is 1. The van der Waals surface area contributed by atoms with Gasteiger partial charge in [0.2, 0.25) is 0 Å². The average Bonchev–Trinajstić information content (AvgIpc) is 3.31. The van der Waals surface area contributed by atoms with Gasteiger partial charge in [-0.3, -0.25) is 0 Å². The average molecular weight is 410 g/mol. The Hall–Kier alpha value is -2.42. The van der Waals surface area contributed by atoms with Gasteiger partial charge in [0.25, 0.3) is 0 Å². The van der Waals surface area contributed by atoms with Crippen molar-refractivity contribution in [2.24, 2.45) is 5.92 Å². The van der Waals surface area contributed by atoms with Gasteiger partial charge in [0.05, 0.1) is 6.10 Å². The molecule has 0 spiro atoms. The molecule has 3 aromatic rings. The fraction of sp³-hybridized carbons (Fsp3) is 0.379. The highest BCUT2D eigenvalue weighted by molar-refractivity contribution is 5.62. The van der Waals surface area contributed by atoms with Crippen LogP contribution in [-0.4, -0.2) is 29.6 Å². The zero-order chi connectivity index (χ0) is 21.0. The first kappa shape index (κ1) is 19.3. The minimum atomic E-state index is -0.344. The Labute approximate surface area is 185 Å². The maximum Gasteiger partial charge on any atom is 0.0819 e. The molecule has 0 aromatic heterocycles. The van der Waals surface area contributed by atoms with E-state index in [2.05, 4.69) is 84.6 Å². The third-order valence-corrected chi connectivity index (χ3v) is 8.21. The van der Waals surface area contributed by atoms with Crippen LogP contribution in [0.25, 0.3) is 0 Å². The van der Waals surface area contributed by atoms with Gasteiger partial charge in [-0.15, -0.1) is 0 Å². The van der Waals surface area contributed by atoms with Gasteiger partial charge in [-0.05, 0) is 73.0 Å². The Morgan fingerprint density at radius 3 is 2.19 bits per heavy atom. The number of aliphatic hydroxyl groups excluding tert-OH is 1. The van der Waals surface area contributed by atoms with Crippen LogP contribution in [0.3, 0.4) is 0 Å². The van der Waals surface area contributed by atoms with Gasteiger partial charge < -0.3 is 10.0 Å². The van der Waals surface area contributed by atoms with Crippen molar-refractivity contribution < 1.29 is 5.11 Å². The molecule has 1 aliphatic heterocycles. The predicted molar refractivity (Wildman–Crippen MR) is 125 cm³/mol. The summed E-state index contributed by atoms with van der Waals surface area (Å²) in [5.41, 5.74) is 8.65.